The van der Waals surface area contributed by atoms with Crippen LogP contribution in [0, 0.1) is 0 Å². The van der Waals surface area contributed by atoms with E-state index < -0.39 is 0 Å². The standard InChI is InChI=1S/C3H3.In/c1-3-2;/h1-3H;. The van der Waals surface area contributed by atoms with E-state index >= 15 is 0 Å². The van der Waals surface area contributed by atoms with Crippen LogP contribution >= 0.6 is 0 Å². The van der Waals surface area contributed by atoms with Gasteiger partial charge in [-0.05, 0) is 0 Å². The van der Waals surface area contributed by atoms with Gasteiger partial charge in [0, 0.05) is 0 Å². The quantitative estimate of drug-likeness (QED) is 0.461. The molecule has 0 radical (unpaired) electrons. The average Bonchev–Trinajstić information content (AvgIpc) is 0.722. The first-order valence-corrected chi connectivity index (χ1v) is 5.14. The van der Waals surface area contributed by atoms with Gasteiger partial charge in [-0.1, -0.05) is 0 Å². The fourth-order valence-electron chi connectivity index (χ4n) is 0.111. The SMILES string of the molecule is C1=[CH][In]=[CH]1. The molecule has 1 heteroatoms. The van der Waals surface area contributed by atoms with Crippen LogP contribution in [-0.4, -0.2) is 26.2 Å². The molecule has 0 amide bonds. The Morgan fingerprint density at radius 2 is 1.75 bits per heavy atom. The molecular formula is C3H3In. The first-order chi connectivity index (χ1) is 2.00. The van der Waals surface area contributed by atoms with E-state index in [0.717, 1.165) is 0 Å². The minimum atomic E-state index is -0.0300. The molecule has 1 aliphatic rings. The van der Waals surface area contributed by atoms with E-state index in [1.807, 2.05) is 0 Å². The second kappa shape index (κ2) is 1.07. The third kappa shape index (κ3) is 0.271. The van der Waals surface area contributed by atoms with Crippen LogP contribution in [0.25, 0.3) is 0 Å². The van der Waals surface area contributed by atoms with Gasteiger partial charge in [0.05, 0.1) is 0 Å². The summed E-state index contributed by atoms with van der Waals surface area (Å²) in [7, 11) is 0. The van der Waals surface area contributed by atoms with Crippen LogP contribution in [0.3, 0.4) is 0 Å². The number of allylic oxidation sites excluding steroid dienone is 1. The van der Waals surface area contributed by atoms with Crippen LogP contribution in [0.4, 0.5) is 0 Å². The molecule has 0 atom stereocenters. The normalized spacial score (nSPS) is 14.0. The molecule has 0 aromatic heterocycles. The second-order valence-corrected chi connectivity index (χ2v) is 4.07. The van der Waals surface area contributed by atoms with Crippen LogP contribution in [0.1, 0.15) is 0 Å². The molecular weight excluding hydrogens is 151 g/mol. The molecule has 0 nitrogen and oxygen atoms in total. The van der Waals surface area contributed by atoms with E-state index in [-0.39, 0.29) is 22.4 Å². The van der Waals surface area contributed by atoms with Gasteiger partial charge in [-0.25, -0.2) is 0 Å². The summed E-state index contributed by atoms with van der Waals surface area (Å²) >= 11 is -0.0300. The van der Waals surface area contributed by atoms with Gasteiger partial charge in [-0.15, -0.1) is 0 Å². The summed E-state index contributed by atoms with van der Waals surface area (Å²) in [6, 6.07) is 0. The Labute approximate surface area is 36.4 Å². The monoisotopic (exact) mass is 154 g/mol. The first kappa shape index (κ1) is 2.70. The molecule has 0 unspecified atom stereocenters. The Balaban J connectivity index is 2.67. The van der Waals surface area contributed by atoms with Crippen molar-refractivity contribution in [3.05, 3.63) is 9.91 Å². The molecule has 0 aromatic carbocycles. The van der Waals surface area contributed by atoms with E-state index in [2.05, 4.69) is 13.7 Å². The second-order valence-electron chi connectivity index (χ2n) is 0.770. The fraction of sp³-hybridized carbons (Fsp3) is 0. The number of hydrogen-bond donors (Lipinski definition) is 0. The van der Waals surface area contributed by atoms with Crippen LogP contribution in [0.2, 0.25) is 0 Å². The maximum atomic E-state index is 2.32. The van der Waals surface area contributed by atoms with Crippen molar-refractivity contribution in [3.63, 3.8) is 0 Å². The zero-order chi connectivity index (χ0) is 2.83. The van der Waals surface area contributed by atoms with E-state index in [1.165, 1.54) is 0 Å². The van der Waals surface area contributed by atoms with Crippen molar-refractivity contribution in [2.75, 3.05) is 0 Å². The molecule has 0 saturated carbocycles. The zero-order valence-electron chi connectivity index (χ0n) is 2.31. The van der Waals surface area contributed by atoms with Gasteiger partial charge in [0.25, 0.3) is 0 Å². The molecule has 0 aromatic rings. The summed E-state index contributed by atoms with van der Waals surface area (Å²) < 4.78 is 4.63. The Hall–Kier alpha value is 0.480. The molecule has 1 heterocycles. The molecule has 0 aliphatic carbocycles. The van der Waals surface area contributed by atoms with Crippen LogP contribution < -0.4 is 0 Å². The molecule has 1 aliphatic heterocycles. The summed E-state index contributed by atoms with van der Waals surface area (Å²) in [5, 5.41) is 0. The van der Waals surface area contributed by atoms with Crippen molar-refractivity contribution >= 4 is 26.2 Å². The maximum absolute atomic E-state index is 2.32. The topological polar surface area (TPSA) is 0 Å². The van der Waals surface area contributed by atoms with Gasteiger partial charge in [-0.2, -0.15) is 0 Å². The van der Waals surface area contributed by atoms with Gasteiger partial charge >= 0.3 is 36.1 Å². The van der Waals surface area contributed by atoms with E-state index in [0.29, 0.717) is 0 Å². The van der Waals surface area contributed by atoms with E-state index in [1.54, 1.807) is 0 Å². The van der Waals surface area contributed by atoms with Crippen molar-refractivity contribution < 1.29 is 0 Å². The molecule has 4 heavy (non-hydrogen) atoms. The summed E-state index contributed by atoms with van der Waals surface area (Å²) in [5.74, 6) is 0. The first-order valence-electron chi connectivity index (χ1n) is 1.33. The molecule has 0 saturated heterocycles. The molecule has 0 bridgehead atoms. The third-order valence-corrected chi connectivity index (χ3v) is 2.98. The summed E-state index contributed by atoms with van der Waals surface area (Å²) in [5.41, 5.74) is 0. The van der Waals surface area contributed by atoms with E-state index in [4.69, 9.17) is 0 Å². The Bertz CT molecular complexity index is 43.7. The Morgan fingerprint density at radius 3 is 1.75 bits per heavy atom. The number of hydrogen-bond acceptors (Lipinski definition) is 0. The average molecular weight is 154 g/mol. The Morgan fingerprint density at radius 1 is 1.50 bits per heavy atom. The van der Waals surface area contributed by atoms with E-state index in [9.17, 15) is 0 Å². The molecule has 1 rings (SSSR count). The molecule has 0 fully saturated rings. The van der Waals surface area contributed by atoms with Gasteiger partial charge in [-0.3, -0.25) is 0 Å². The minimum absolute atomic E-state index is 0.0300. The van der Waals surface area contributed by atoms with Crippen LogP contribution in [-0.2, 0) is 0 Å². The van der Waals surface area contributed by atoms with Crippen LogP contribution in [0.15, 0.2) is 9.91 Å². The zero-order valence-corrected chi connectivity index (χ0v) is 5.61. The van der Waals surface area contributed by atoms with Crippen molar-refractivity contribution in [1.82, 2.24) is 0 Å². The molecule has 0 N–H and O–H groups in total. The molecule has 0 spiro atoms. The Kier molecular flexibility index (Phi) is 0.721. The molecule has 18 valence electrons. The fourth-order valence-corrected chi connectivity index (χ4v) is 0.745. The summed E-state index contributed by atoms with van der Waals surface area (Å²) in [6.45, 7) is 0. The van der Waals surface area contributed by atoms with Gasteiger partial charge in [0.1, 0.15) is 0 Å². The van der Waals surface area contributed by atoms with Gasteiger partial charge in [0.2, 0.25) is 0 Å². The van der Waals surface area contributed by atoms with Crippen molar-refractivity contribution in [1.29, 1.82) is 0 Å². The van der Waals surface area contributed by atoms with Crippen molar-refractivity contribution in [2.24, 2.45) is 0 Å². The van der Waals surface area contributed by atoms with Gasteiger partial charge < -0.3 is 0 Å². The predicted molar refractivity (Wildman–Crippen MR) is 21.0 cm³/mol. The van der Waals surface area contributed by atoms with Crippen LogP contribution in [0.5, 0.6) is 0 Å². The van der Waals surface area contributed by atoms with Crippen molar-refractivity contribution in [2.45, 2.75) is 0 Å². The van der Waals surface area contributed by atoms with Crippen molar-refractivity contribution in [3.8, 4) is 0 Å². The summed E-state index contributed by atoms with van der Waals surface area (Å²) in [6.07, 6.45) is 2.14. The third-order valence-electron chi connectivity index (χ3n) is 0.444. The van der Waals surface area contributed by atoms with Gasteiger partial charge in [0.15, 0.2) is 0 Å². The predicted octanol–water partition coefficient (Wildman–Crippen LogP) is 0.0201. The number of rotatable bonds is 0. The summed E-state index contributed by atoms with van der Waals surface area (Å²) in [4.78, 5) is 0.